The van der Waals surface area contributed by atoms with Crippen molar-refractivity contribution in [2.24, 2.45) is 0 Å². The van der Waals surface area contributed by atoms with Crippen molar-refractivity contribution < 1.29 is 5.21 Å². The summed E-state index contributed by atoms with van der Waals surface area (Å²) >= 11 is 0. The summed E-state index contributed by atoms with van der Waals surface area (Å²) in [6.45, 7) is 2.53. The molecule has 2 N–H and O–H groups in total. The van der Waals surface area contributed by atoms with Gasteiger partial charge in [0.15, 0.2) is 0 Å². The van der Waals surface area contributed by atoms with E-state index in [1.807, 2.05) is 18.5 Å². The molecule has 3 rings (SSSR count). The molecule has 4 heteroatoms. The first-order valence-electron chi connectivity index (χ1n) is 7.41. The molecule has 3 aromatic rings. The zero-order chi connectivity index (χ0) is 15.4. The van der Waals surface area contributed by atoms with Crippen LogP contribution in [0.1, 0.15) is 22.3 Å². The number of hydroxylamine groups is 1. The molecule has 0 amide bonds. The number of hydrogen-bond acceptors (Lipinski definition) is 4. The van der Waals surface area contributed by atoms with Gasteiger partial charge >= 0.3 is 0 Å². The van der Waals surface area contributed by atoms with Crippen LogP contribution in [0.4, 0.5) is 0 Å². The number of aryl methyl sites for hydroxylation is 3. The summed E-state index contributed by atoms with van der Waals surface area (Å²) < 4.78 is 0. The molecule has 22 heavy (non-hydrogen) atoms. The Kier molecular flexibility index (Phi) is 4.42. The van der Waals surface area contributed by atoms with Crippen LogP contribution in [0.2, 0.25) is 0 Å². The van der Waals surface area contributed by atoms with Crippen LogP contribution < -0.4 is 5.48 Å². The Bertz CT molecular complexity index is 772. The van der Waals surface area contributed by atoms with Crippen molar-refractivity contribution in [1.82, 2.24) is 15.4 Å². The molecule has 1 aromatic carbocycles. The second kappa shape index (κ2) is 6.64. The summed E-state index contributed by atoms with van der Waals surface area (Å²) in [6.07, 6.45) is 7.49. The van der Waals surface area contributed by atoms with Gasteiger partial charge in [0.25, 0.3) is 0 Å². The Morgan fingerprint density at radius 2 is 2.00 bits per heavy atom. The number of aromatic nitrogens is 2. The summed E-state index contributed by atoms with van der Waals surface area (Å²) in [5.74, 6) is 0. The monoisotopic (exact) mass is 293 g/mol. The molecule has 0 aliphatic carbocycles. The largest absolute Gasteiger partial charge is 0.316 e. The summed E-state index contributed by atoms with van der Waals surface area (Å²) in [5, 5.41) is 9.89. The standard InChI is InChI=1S/C18H19N3O/c1-13-16(5-4-14-3-2-8-19-10-14)6-7-17-9-15(12-21-22)11-20-18(13)17/h2-3,6-11,21-22H,4-5,12H2,1H3. The van der Waals surface area contributed by atoms with E-state index in [0.717, 1.165) is 29.3 Å². The minimum Gasteiger partial charge on any atom is -0.316 e. The van der Waals surface area contributed by atoms with E-state index in [1.54, 1.807) is 6.20 Å². The van der Waals surface area contributed by atoms with Crippen LogP contribution in [-0.2, 0) is 19.4 Å². The van der Waals surface area contributed by atoms with Gasteiger partial charge in [-0.15, -0.1) is 0 Å². The highest BCUT2D eigenvalue weighted by molar-refractivity contribution is 5.83. The van der Waals surface area contributed by atoms with E-state index in [-0.39, 0.29) is 0 Å². The normalized spacial score (nSPS) is 11.0. The number of pyridine rings is 2. The van der Waals surface area contributed by atoms with Gasteiger partial charge in [-0.05, 0) is 54.2 Å². The Balaban J connectivity index is 1.85. The zero-order valence-electron chi connectivity index (χ0n) is 12.6. The van der Waals surface area contributed by atoms with Crippen molar-refractivity contribution in [2.45, 2.75) is 26.3 Å². The van der Waals surface area contributed by atoms with E-state index in [9.17, 15) is 0 Å². The van der Waals surface area contributed by atoms with Crippen molar-refractivity contribution in [1.29, 1.82) is 0 Å². The molecule has 0 radical (unpaired) electrons. The van der Waals surface area contributed by atoms with E-state index in [1.165, 1.54) is 16.7 Å². The Labute approximate surface area is 129 Å². The number of hydrogen-bond donors (Lipinski definition) is 2. The molecule has 0 fully saturated rings. The molecule has 0 aliphatic heterocycles. The molecular weight excluding hydrogens is 274 g/mol. The van der Waals surface area contributed by atoms with E-state index in [0.29, 0.717) is 6.54 Å². The highest BCUT2D eigenvalue weighted by atomic mass is 16.5. The molecule has 4 nitrogen and oxygen atoms in total. The lowest BCUT2D eigenvalue weighted by Gasteiger charge is -2.10. The number of fused-ring (bicyclic) bond motifs is 1. The predicted octanol–water partition coefficient (Wildman–Crippen LogP) is 3.20. The van der Waals surface area contributed by atoms with E-state index in [4.69, 9.17) is 5.21 Å². The number of nitrogens with one attached hydrogen (secondary N) is 1. The van der Waals surface area contributed by atoms with Crippen LogP contribution in [0.3, 0.4) is 0 Å². The summed E-state index contributed by atoms with van der Waals surface area (Å²) in [5.41, 5.74) is 7.96. The fourth-order valence-electron chi connectivity index (χ4n) is 2.72. The Morgan fingerprint density at radius 3 is 2.77 bits per heavy atom. The third-order valence-electron chi connectivity index (χ3n) is 3.96. The lowest BCUT2D eigenvalue weighted by Crippen LogP contribution is -2.06. The second-order valence-corrected chi connectivity index (χ2v) is 5.46. The molecule has 2 aromatic heterocycles. The molecular formula is C18H19N3O. The van der Waals surface area contributed by atoms with Crippen molar-refractivity contribution in [2.75, 3.05) is 0 Å². The van der Waals surface area contributed by atoms with E-state index < -0.39 is 0 Å². The fourth-order valence-corrected chi connectivity index (χ4v) is 2.72. The smallest absolute Gasteiger partial charge is 0.0734 e. The first-order chi connectivity index (χ1) is 10.8. The number of rotatable bonds is 5. The summed E-state index contributed by atoms with van der Waals surface area (Å²) in [4.78, 5) is 8.71. The van der Waals surface area contributed by atoms with Crippen LogP contribution >= 0.6 is 0 Å². The highest BCUT2D eigenvalue weighted by Gasteiger charge is 2.06. The minimum atomic E-state index is 0.407. The first kappa shape index (κ1) is 14.6. The Hall–Kier alpha value is -2.30. The third-order valence-corrected chi connectivity index (χ3v) is 3.96. The maximum atomic E-state index is 8.79. The molecule has 0 bridgehead atoms. The average molecular weight is 293 g/mol. The van der Waals surface area contributed by atoms with Gasteiger partial charge in [-0.25, -0.2) is 5.48 Å². The highest BCUT2D eigenvalue weighted by Crippen LogP contribution is 2.22. The SMILES string of the molecule is Cc1c(CCc2cccnc2)ccc2cc(CNO)cnc12. The van der Waals surface area contributed by atoms with E-state index in [2.05, 4.69) is 46.6 Å². The molecule has 0 saturated heterocycles. The molecule has 0 saturated carbocycles. The molecule has 0 aliphatic rings. The Morgan fingerprint density at radius 1 is 1.09 bits per heavy atom. The van der Waals surface area contributed by atoms with Gasteiger partial charge in [-0.3, -0.25) is 9.97 Å². The predicted molar refractivity (Wildman–Crippen MR) is 86.8 cm³/mol. The zero-order valence-corrected chi connectivity index (χ0v) is 12.6. The lowest BCUT2D eigenvalue weighted by atomic mass is 9.98. The van der Waals surface area contributed by atoms with Crippen LogP contribution in [-0.4, -0.2) is 15.2 Å². The van der Waals surface area contributed by atoms with Gasteiger partial charge in [0.05, 0.1) is 5.52 Å². The number of benzene rings is 1. The van der Waals surface area contributed by atoms with Crippen molar-refractivity contribution >= 4 is 10.9 Å². The van der Waals surface area contributed by atoms with Crippen LogP contribution in [0.15, 0.2) is 48.9 Å². The van der Waals surface area contributed by atoms with Crippen molar-refractivity contribution in [3.8, 4) is 0 Å². The lowest BCUT2D eigenvalue weighted by molar-refractivity contribution is 0.161. The summed E-state index contributed by atoms with van der Waals surface area (Å²) in [7, 11) is 0. The quantitative estimate of drug-likeness (QED) is 0.709. The minimum absolute atomic E-state index is 0.407. The first-order valence-corrected chi connectivity index (χ1v) is 7.41. The van der Waals surface area contributed by atoms with Gasteiger partial charge in [0, 0.05) is 30.5 Å². The second-order valence-electron chi connectivity index (χ2n) is 5.46. The van der Waals surface area contributed by atoms with Gasteiger partial charge in [0.1, 0.15) is 0 Å². The van der Waals surface area contributed by atoms with Crippen LogP contribution in [0.5, 0.6) is 0 Å². The van der Waals surface area contributed by atoms with Crippen molar-refractivity contribution in [3.05, 3.63) is 71.2 Å². The van der Waals surface area contributed by atoms with E-state index >= 15 is 0 Å². The van der Waals surface area contributed by atoms with Gasteiger partial charge in [0.2, 0.25) is 0 Å². The average Bonchev–Trinajstić information content (AvgIpc) is 2.55. The molecule has 0 atom stereocenters. The maximum absolute atomic E-state index is 8.79. The van der Waals surface area contributed by atoms with Gasteiger partial charge < -0.3 is 5.21 Å². The van der Waals surface area contributed by atoms with Crippen LogP contribution in [0, 0.1) is 6.92 Å². The van der Waals surface area contributed by atoms with Crippen molar-refractivity contribution in [3.63, 3.8) is 0 Å². The fraction of sp³-hybridized carbons (Fsp3) is 0.222. The van der Waals surface area contributed by atoms with Gasteiger partial charge in [-0.2, -0.15) is 0 Å². The number of nitrogens with zero attached hydrogens (tertiary/aromatic N) is 2. The molecule has 2 heterocycles. The van der Waals surface area contributed by atoms with Gasteiger partial charge in [-0.1, -0.05) is 18.2 Å². The molecule has 0 spiro atoms. The summed E-state index contributed by atoms with van der Waals surface area (Å²) in [6, 6.07) is 10.4. The topological polar surface area (TPSA) is 58.0 Å². The molecule has 0 unspecified atom stereocenters. The third kappa shape index (κ3) is 3.13. The van der Waals surface area contributed by atoms with Crippen LogP contribution in [0.25, 0.3) is 10.9 Å². The maximum Gasteiger partial charge on any atom is 0.0734 e. The molecule has 112 valence electrons.